The summed E-state index contributed by atoms with van der Waals surface area (Å²) in [6.07, 6.45) is 0.504. The van der Waals surface area contributed by atoms with E-state index in [4.69, 9.17) is 9.15 Å². The monoisotopic (exact) mass is 428 g/mol. The Bertz CT molecular complexity index is 880. The second kappa shape index (κ2) is 10.3. The van der Waals surface area contributed by atoms with Crippen LogP contribution in [-0.2, 0) is 26.3 Å². The van der Waals surface area contributed by atoms with Crippen LogP contribution in [0.3, 0.4) is 0 Å². The summed E-state index contributed by atoms with van der Waals surface area (Å²) in [5.41, 5.74) is 1.54. The SMILES string of the molecule is CC(C)[C@H](NC(=O)c1ccc(C(C)(C)C)cc1)C(=O)O[C@H](C)C(=O)NCc1ccco1. The molecule has 0 aliphatic rings. The van der Waals surface area contributed by atoms with Crippen LogP contribution in [0, 0.1) is 5.92 Å². The van der Waals surface area contributed by atoms with Crippen molar-refractivity contribution in [2.45, 2.75) is 65.6 Å². The summed E-state index contributed by atoms with van der Waals surface area (Å²) in [4.78, 5) is 37.5. The number of carbonyl (C=O) groups excluding carboxylic acids is 3. The number of benzene rings is 1. The summed E-state index contributed by atoms with van der Waals surface area (Å²) >= 11 is 0. The molecule has 0 radical (unpaired) electrons. The molecule has 1 aromatic heterocycles. The zero-order valence-corrected chi connectivity index (χ0v) is 19.0. The molecule has 0 aliphatic heterocycles. The summed E-state index contributed by atoms with van der Waals surface area (Å²) in [7, 11) is 0. The molecule has 7 nitrogen and oxygen atoms in total. The molecule has 1 aromatic carbocycles. The fraction of sp³-hybridized carbons (Fsp3) is 0.458. The van der Waals surface area contributed by atoms with Crippen LogP contribution >= 0.6 is 0 Å². The van der Waals surface area contributed by atoms with E-state index >= 15 is 0 Å². The quantitative estimate of drug-likeness (QED) is 0.627. The van der Waals surface area contributed by atoms with E-state index in [1.807, 2.05) is 12.1 Å². The summed E-state index contributed by atoms with van der Waals surface area (Å²) in [5, 5.41) is 5.37. The normalized spacial score (nSPS) is 13.4. The van der Waals surface area contributed by atoms with Crippen LogP contribution in [0.2, 0.25) is 0 Å². The Balaban J connectivity index is 1.96. The van der Waals surface area contributed by atoms with Crippen molar-refractivity contribution in [1.82, 2.24) is 10.6 Å². The smallest absolute Gasteiger partial charge is 0.329 e. The molecule has 1 heterocycles. The summed E-state index contributed by atoms with van der Waals surface area (Å²) in [6.45, 7) is 11.6. The zero-order valence-electron chi connectivity index (χ0n) is 19.0. The van der Waals surface area contributed by atoms with Crippen molar-refractivity contribution in [2.75, 3.05) is 0 Å². The molecule has 2 amide bonds. The average Bonchev–Trinajstić information content (AvgIpc) is 3.22. The Hall–Kier alpha value is -3.09. The van der Waals surface area contributed by atoms with Crippen molar-refractivity contribution in [3.8, 4) is 0 Å². The molecule has 0 aliphatic carbocycles. The first kappa shape index (κ1) is 24.2. The summed E-state index contributed by atoms with van der Waals surface area (Å²) < 4.78 is 10.5. The van der Waals surface area contributed by atoms with E-state index in [1.54, 1.807) is 38.1 Å². The zero-order chi connectivity index (χ0) is 23.2. The van der Waals surface area contributed by atoms with Gasteiger partial charge in [-0.05, 0) is 48.1 Å². The molecule has 0 fully saturated rings. The Morgan fingerprint density at radius 2 is 1.68 bits per heavy atom. The molecule has 0 saturated carbocycles. The maximum Gasteiger partial charge on any atom is 0.329 e. The van der Waals surface area contributed by atoms with Gasteiger partial charge in [0.15, 0.2) is 6.10 Å². The number of hydrogen-bond donors (Lipinski definition) is 2. The number of hydrogen-bond acceptors (Lipinski definition) is 5. The molecule has 0 saturated heterocycles. The number of ether oxygens (including phenoxy) is 1. The fourth-order valence-corrected chi connectivity index (χ4v) is 2.88. The molecular formula is C24H32N2O5. The molecule has 2 atom stereocenters. The molecule has 7 heteroatoms. The van der Waals surface area contributed by atoms with Gasteiger partial charge in [-0.3, -0.25) is 9.59 Å². The van der Waals surface area contributed by atoms with Crippen molar-refractivity contribution in [3.63, 3.8) is 0 Å². The third kappa shape index (κ3) is 6.98. The minimum absolute atomic E-state index is 0.0209. The molecule has 168 valence electrons. The number of carbonyl (C=O) groups is 3. The van der Waals surface area contributed by atoms with Gasteiger partial charge in [0.05, 0.1) is 12.8 Å². The van der Waals surface area contributed by atoms with Gasteiger partial charge in [0.25, 0.3) is 11.8 Å². The molecule has 2 N–H and O–H groups in total. The van der Waals surface area contributed by atoms with Gasteiger partial charge in [0.2, 0.25) is 0 Å². The van der Waals surface area contributed by atoms with Gasteiger partial charge in [-0.25, -0.2) is 4.79 Å². The highest BCUT2D eigenvalue weighted by molar-refractivity contribution is 5.97. The van der Waals surface area contributed by atoms with E-state index in [-0.39, 0.29) is 23.8 Å². The highest BCUT2D eigenvalue weighted by atomic mass is 16.5. The van der Waals surface area contributed by atoms with Gasteiger partial charge in [-0.1, -0.05) is 46.8 Å². The van der Waals surface area contributed by atoms with Gasteiger partial charge in [0, 0.05) is 5.56 Å². The van der Waals surface area contributed by atoms with Crippen molar-refractivity contribution >= 4 is 17.8 Å². The first-order chi connectivity index (χ1) is 14.5. The highest BCUT2D eigenvalue weighted by Gasteiger charge is 2.29. The molecule has 2 rings (SSSR count). The van der Waals surface area contributed by atoms with Crippen LogP contribution in [0.25, 0.3) is 0 Å². The Kier molecular flexibility index (Phi) is 8.02. The number of nitrogens with one attached hydrogen (secondary N) is 2. The molecule has 31 heavy (non-hydrogen) atoms. The van der Waals surface area contributed by atoms with E-state index in [0.717, 1.165) is 5.56 Å². The van der Waals surface area contributed by atoms with Crippen LogP contribution in [-0.4, -0.2) is 29.9 Å². The van der Waals surface area contributed by atoms with E-state index in [1.165, 1.54) is 13.2 Å². The minimum Gasteiger partial charge on any atom is -0.467 e. The first-order valence-electron chi connectivity index (χ1n) is 10.4. The molecule has 0 unspecified atom stereocenters. The fourth-order valence-electron chi connectivity index (χ4n) is 2.88. The van der Waals surface area contributed by atoms with Crippen molar-refractivity contribution in [3.05, 3.63) is 59.5 Å². The maximum absolute atomic E-state index is 12.7. The number of rotatable bonds is 8. The second-order valence-corrected chi connectivity index (χ2v) is 8.90. The van der Waals surface area contributed by atoms with Gasteiger partial charge < -0.3 is 19.8 Å². The summed E-state index contributed by atoms with van der Waals surface area (Å²) in [6, 6.07) is 9.86. The predicted molar refractivity (Wildman–Crippen MR) is 117 cm³/mol. The van der Waals surface area contributed by atoms with Gasteiger partial charge in [-0.15, -0.1) is 0 Å². The lowest BCUT2D eigenvalue weighted by molar-refractivity contribution is -0.157. The highest BCUT2D eigenvalue weighted by Crippen LogP contribution is 2.22. The topological polar surface area (TPSA) is 97.6 Å². The third-order valence-electron chi connectivity index (χ3n) is 4.90. The molecule has 0 bridgehead atoms. The molecule has 0 spiro atoms. The van der Waals surface area contributed by atoms with Crippen molar-refractivity contribution in [2.24, 2.45) is 5.92 Å². The van der Waals surface area contributed by atoms with Gasteiger partial charge in [0.1, 0.15) is 11.8 Å². The molecular weight excluding hydrogens is 396 g/mol. The Morgan fingerprint density at radius 1 is 1.03 bits per heavy atom. The largest absolute Gasteiger partial charge is 0.467 e. The number of amides is 2. The minimum atomic E-state index is -1.01. The van der Waals surface area contributed by atoms with E-state index in [2.05, 4.69) is 31.4 Å². The Labute approximate surface area is 183 Å². The van der Waals surface area contributed by atoms with E-state index in [0.29, 0.717) is 11.3 Å². The molecule has 2 aromatic rings. The Morgan fingerprint density at radius 3 is 2.19 bits per heavy atom. The lowest BCUT2D eigenvalue weighted by atomic mass is 9.86. The van der Waals surface area contributed by atoms with E-state index in [9.17, 15) is 14.4 Å². The third-order valence-corrected chi connectivity index (χ3v) is 4.90. The van der Waals surface area contributed by atoms with Gasteiger partial charge in [-0.2, -0.15) is 0 Å². The predicted octanol–water partition coefficient (Wildman–Crippen LogP) is 3.58. The van der Waals surface area contributed by atoms with Crippen LogP contribution in [0.1, 0.15) is 63.2 Å². The number of furan rings is 1. The van der Waals surface area contributed by atoms with Crippen molar-refractivity contribution < 1.29 is 23.5 Å². The number of esters is 1. The van der Waals surface area contributed by atoms with Crippen LogP contribution in [0.4, 0.5) is 0 Å². The van der Waals surface area contributed by atoms with Gasteiger partial charge >= 0.3 is 5.97 Å². The second-order valence-electron chi connectivity index (χ2n) is 8.90. The van der Waals surface area contributed by atoms with Crippen molar-refractivity contribution in [1.29, 1.82) is 0 Å². The first-order valence-corrected chi connectivity index (χ1v) is 10.4. The van der Waals surface area contributed by atoms with Crippen LogP contribution in [0.15, 0.2) is 47.1 Å². The van der Waals surface area contributed by atoms with Crippen LogP contribution in [0.5, 0.6) is 0 Å². The maximum atomic E-state index is 12.7. The van der Waals surface area contributed by atoms with Crippen LogP contribution < -0.4 is 10.6 Å². The average molecular weight is 429 g/mol. The standard InChI is InChI=1S/C24H32N2O5/c1-15(2)20(26-22(28)17-9-11-18(12-10-17)24(4,5)6)23(29)31-16(3)21(27)25-14-19-8-7-13-30-19/h7-13,15-16,20H,14H2,1-6H3,(H,25,27)(H,26,28)/t16-,20+/m1/s1. The summed E-state index contributed by atoms with van der Waals surface area (Å²) in [5.74, 6) is -1.10. The lowest BCUT2D eigenvalue weighted by Crippen LogP contribution is -2.47. The lowest BCUT2D eigenvalue weighted by Gasteiger charge is -2.23. The van der Waals surface area contributed by atoms with E-state index < -0.39 is 24.0 Å².